The molecule has 25 heavy (non-hydrogen) atoms. The summed E-state index contributed by atoms with van der Waals surface area (Å²) in [6.07, 6.45) is 3.28. The van der Waals surface area contributed by atoms with Gasteiger partial charge in [0, 0.05) is 13.1 Å². The highest BCUT2D eigenvalue weighted by Crippen LogP contribution is 2.36. The summed E-state index contributed by atoms with van der Waals surface area (Å²) in [5.41, 5.74) is 2.43. The molecule has 0 spiro atoms. The molecule has 0 amide bonds. The van der Waals surface area contributed by atoms with Crippen LogP contribution in [0.15, 0.2) is 54.6 Å². The Bertz CT molecular complexity index is 827. The molecule has 4 rings (SSSR count). The molecule has 1 atom stereocenters. The summed E-state index contributed by atoms with van der Waals surface area (Å²) in [6, 6.07) is 19.2. The summed E-state index contributed by atoms with van der Waals surface area (Å²) in [6.45, 7) is 1.88. The van der Waals surface area contributed by atoms with Gasteiger partial charge in [0.15, 0.2) is 5.11 Å². The van der Waals surface area contributed by atoms with Gasteiger partial charge in [-0.25, -0.2) is 4.98 Å². The number of nitrogens with one attached hydrogen (secondary N) is 1. The number of para-hydroxylation sites is 1. The van der Waals surface area contributed by atoms with Crippen molar-refractivity contribution in [3.8, 4) is 0 Å². The van der Waals surface area contributed by atoms with E-state index in [1.807, 2.05) is 12.1 Å². The van der Waals surface area contributed by atoms with Crippen LogP contribution in [0.25, 0.3) is 10.2 Å². The van der Waals surface area contributed by atoms with Crippen molar-refractivity contribution >= 4 is 38.9 Å². The average Bonchev–Trinajstić information content (AvgIpc) is 3.29. The highest BCUT2D eigenvalue weighted by molar-refractivity contribution is 7.80. The third kappa shape index (κ3) is 3.67. The molecule has 0 radical (unpaired) electrons. The zero-order chi connectivity index (χ0) is 17.1. The van der Waals surface area contributed by atoms with E-state index >= 15 is 0 Å². The molecule has 1 aliphatic rings. The van der Waals surface area contributed by atoms with Crippen LogP contribution in [0.3, 0.4) is 0 Å². The lowest BCUT2D eigenvalue weighted by molar-refractivity contribution is 0.393. The Labute approximate surface area is 157 Å². The molecule has 1 aliphatic heterocycles. The molecule has 1 saturated heterocycles. The topological polar surface area (TPSA) is 28.2 Å². The minimum absolute atomic E-state index is 0.314. The third-order valence-electron chi connectivity index (χ3n) is 4.64. The third-order valence-corrected chi connectivity index (χ3v) is 6.16. The van der Waals surface area contributed by atoms with Gasteiger partial charge in [0.2, 0.25) is 0 Å². The molecule has 2 heterocycles. The van der Waals surface area contributed by atoms with Gasteiger partial charge in [-0.2, -0.15) is 0 Å². The van der Waals surface area contributed by atoms with Gasteiger partial charge in [-0.1, -0.05) is 42.5 Å². The number of hydrogen-bond donors (Lipinski definition) is 1. The quantitative estimate of drug-likeness (QED) is 0.685. The van der Waals surface area contributed by atoms with Crippen LogP contribution < -0.4 is 5.32 Å². The number of likely N-dealkylation sites (tertiary alicyclic amines) is 1. The lowest BCUT2D eigenvalue weighted by Gasteiger charge is -2.26. The lowest BCUT2D eigenvalue weighted by atomic mass is 10.1. The zero-order valence-electron chi connectivity index (χ0n) is 14.0. The maximum absolute atomic E-state index is 5.68. The molecule has 128 valence electrons. The van der Waals surface area contributed by atoms with Crippen LogP contribution in [-0.4, -0.2) is 28.1 Å². The molecular weight excluding hydrogens is 346 g/mol. The number of hydrogen-bond acceptors (Lipinski definition) is 3. The van der Waals surface area contributed by atoms with E-state index in [0.29, 0.717) is 6.04 Å². The van der Waals surface area contributed by atoms with E-state index in [0.717, 1.165) is 36.6 Å². The molecule has 0 aliphatic carbocycles. The van der Waals surface area contributed by atoms with Gasteiger partial charge in [-0.3, -0.25) is 0 Å². The second-order valence-corrected chi connectivity index (χ2v) is 7.79. The number of thiocarbonyl (C=S) groups is 1. The Morgan fingerprint density at radius 1 is 1.16 bits per heavy atom. The van der Waals surface area contributed by atoms with Crippen molar-refractivity contribution in [2.45, 2.75) is 25.3 Å². The van der Waals surface area contributed by atoms with E-state index in [1.54, 1.807) is 11.3 Å². The average molecular weight is 368 g/mol. The van der Waals surface area contributed by atoms with Crippen molar-refractivity contribution < 1.29 is 0 Å². The minimum Gasteiger partial charge on any atom is -0.362 e. The SMILES string of the molecule is S=C(NCCc1ccccc1)N1CCC[C@H]1c1nc2ccccc2s1. The number of thiazole rings is 1. The van der Waals surface area contributed by atoms with Crippen LogP contribution in [0.5, 0.6) is 0 Å². The molecule has 3 nitrogen and oxygen atoms in total. The van der Waals surface area contributed by atoms with Gasteiger partial charge in [0.05, 0.1) is 16.3 Å². The van der Waals surface area contributed by atoms with E-state index in [-0.39, 0.29) is 0 Å². The molecule has 1 fully saturated rings. The molecule has 1 N–H and O–H groups in total. The number of benzene rings is 2. The fourth-order valence-electron chi connectivity index (χ4n) is 3.36. The van der Waals surface area contributed by atoms with Crippen molar-refractivity contribution in [1.82, 2.24) is 15.2 Å². The first kappa shape index (κ1) is 16.5. The molecule has 0 unspecified atom stereocenters. The predicted octanol–water partition coefficient (Wildman–Crippen LogP) is 4.55. The normalized spacial score (nSPS) is 17.1. The highest BCUT2D eigenvalue weighted by atomic mass is 32.1. The van der Waals surface area contributed by atoms with Gasteiger partial charge in [0.1, 0.15) is 5.01 Å². The van der Waals surface area contributed by atoms with Gasteiger partial charge < -0.3 is 10.2 Å². The second-order valence-electron chi connectivity index (χ2n) is 6.34. The van der Waals surface area contributed by atoms with Crippen molar-refractivity contribution in [3.05, 3.63) is 65.2 Å². The molecule has 0 bridgehead atoms. The first-order valence-electron chi connectivity index (χ1n) is 8.75. The Morgan fingerprint density at radius 2 is 1.96 bits per heavy atom. The second kappa shape index (κ2) is 7.50. The molecule has 3 aromatic rings. The lowest BCUT2D eigenvalue weighted by Crippen LogP contribution is -2.40. The Hall–Kier alpha value is -1.98. The van der Waals surface area contributed by atoms with Crippen molar-refractivity contribution in [3.63, 3.8) is 0 Å². The Kier molecular flexibility index (Phi) is 4.95. The first-order valence-corrected chi connectivity index (χ1v) is 9.97. The molecule has 0 saturated carbocycles. The van der Waals surface area contributed by atoms with Crippen LogP contribution in [0.1, 0.15) is 29.5 Å². The zero-order valence-corrected chi connectivity index (χ0v) is 15.7. The van der Waals surface area contributed by atoms with Gasteiger partial charge in [0.25, 0.3) is 0 Å². The molecule has 1 aromatic heterocycles. The van der Waals surface area contributed by atoms with Gasteiger partial charge in [-0.15, -0.1) is 11.3 Å². The van der Waals surface area contributed by atoms with E-state index in [1.165, 1.54) is 21.7 Å². The largest absolute Gasteiger partial charge is 0.362 e. The van der Waals surface area contributed by atoms with Gasteiger partial charge in [-0.05, 0) is 49.2 Å². The standard InChI is InChI=1S/C20H21N3S2/c24-20(21-13-12-15-7-2-1-3-8-15)23-14-6-10-17(23)19-22-16-9-4-5-11-18(16)25-19/h1-5,7-9,11,17H,6,10,12-14H2,(H,21,24)/t17-/m0/s1. The maximum atomic E-state index is 5.68. The Morgan fingerprint density at radius 3 is 2.80 bits per heavy atom. The summed E-state index contributed by atoms with van der Waals surface area (Å²) in [5.74, 6) is 0. The van der Waals surface area contributed by atoms with E-state index < -0.39 is 0 Å². The molecular formula is C20H21N3S2. The smallest absolute Gasteiger partial charge is 0.169 e. The van der Waals surface area contributed by atoms with Crippen molar-refractivity contribution in [1.29, 1.82) is 0 Å². The van der Waals surface area contributed by atoms with Crippen LogP contribution >= 0.6 is 23.6 Å². The van der Waals surface area contributed by atoms with Crippen LogP contribution in [0.4, 0.5) is 0 Å². The molecule has 5 heteroatoms. The van der Waals surface area contributed by atoms with Crippen LogP contribution in [0.2, 0.25) is 0 Å². The molecule has 2 aromatic carbocycles. The van der Waals surface area contributed by atoms with Crippen molar-refractivity contribution in [2.24, 2.45) is 0 Å². The summed E-state index contributed by atoms with van der Waals surface area (Å²) in [5, 5.41) is 5.49. The van der Waals surface area contributed by atoms with E-state index in [4.69, 9.17) is 17.2 Å². The number of aromatic nitrogens is 1. The maximum Gasteiger partial charge on any atom is 0.169 e. The minimum atomic E-state index is 0.314. The Balaban J connectivity index is 1.41. The summed E-state index contributed by atoms with van der Waals surface area (Å²) in [7, 11) is 0. The fourth-order valence-corrected chi connectivity index (χ4v) is 4.79. The number of rotatable bonds is 4. The summed E-state index contributed by atoms with van der Waals surface area (Å²) >= 11 is 7.47. The monoisotopic (exact) mass is 367 g/mol. The van der Waals surface area contributed by atoms with E-state index in [2.05, 4.69) is 52.7 Å². The fraction of sp³-hybridized carbons (Fsp3) is 0.300. The highest BCUT2D eigenvalue weighted by Gasteiger charge is 2.30. The summed E-state index contributed by atoms with van der Waals surface area (Å²) < 4.78 is 1.26. The van der Waals surface area contributed by atoms with Gasteiger partial charge >= 0.3 is 0 Å². The van der Waals surface area contributed by atoms with Crippen LogP contribution in [-0.2, 0) is 6.42 Å². The van der Waals surface area contributed by atoms with Crippen molar-refractivity contribution in [2.75, 3.05) is 13.1 Å². The van der Waals surface area contributed by atoms with E-state index in [9.17, 15) is 0 Å². The van der Waals surface area contributed by atoms with Crippen LogP contribution in [0, 0.1) is 0 Å². The number of fused-ring (bicyclic) bond motifs is 1. The summed E-state index contributed by atoms with van der Waals surface area (Å²) in [4.78, 5) is 7.16. The first-order chi connectivity index (χ1) is 12.3. The predicted molar refractivity (Wildman–Crippen MR) is 109 cm³/mol. The number of nitrogens with zero attached hydrogens (tertiary/aromatic N) is 2.